The van der Waals surface area contributed by atoms with Crippen molar-refractivity contribution in [3.8, 4) is 40.9 Å². The molecule has 6 fully saturated rings. The maximum atomic E-state index is 14.5. The number of hydrogen-bond acceptors (Lipinski definition) is 26. The van der Waals surface area contributed by atoms with E-state index in [4.69, 9.17) is 56.9 Å². The fourth-order valence-corrected chi connectivity index (χ4v) is 16.5. The molecule has 0 amide bonds. The molecule has 3 unspecified atom stereocenters. The number of hydrogen-bond donors (Lipinski definition) is 7. The van der Waals surface area contributed by atoms with Gasteiger partial charge in [-0.05, 0) is 111 Å². The molecule has 9 rings (SSSR count). The van der Waals surface area contributed by atoms with Crippen molar-refractivity contribution < 1.29 is 96.9 Å². The number of halogens is 1. The number of nitrogens with zero attached hydrogens (tertiary/aromatic N) is 1. The zero-order valence-corrected chi connectivity index (χ0v) is 56.0. The van der Waals surface area contributed by atoms with Crippen molar-refractivity contribution >= 4 is 72.6 Å². The molecular weight excluding hydrogens is 1330 g/mol. The van der Waals surface area contributed by atoms with Crippen LogP contribution < -0.4 is 25.0 Å². The Bertz CT molecular complexity index is 3060. The molecule has 4 aliphatic heterocycles. The highest BCUT2D eigenvalue weighted by molar-refractivity contribution is 14.1. The van der Waals surface area contributed by atoms with E-state index in [-0.39, 0.29) is 78.8 Å². The SMILES string of the molecule is CCN[C@H]1CO[C@@H](O[C@H]2[C@H](O[C@H]3C#C/C=C(/C)C#CC45C(CC(C)=O)C(=O)C[C@]4(O)/C(=C/CSSc4ccccn4)C35)O[C@H](C)[C@@H](NO[C@H]3C[C@H](O)[C@H](SC(=O)c4c(C)c(I)c(O[C@@H]5O[C@@H](C)[C@H](O)[C@@H](OC)[C@H]5O)c(OC)c4OC)[C@@H](C)O3)[C@@H]2O)C[C@@H]1OC. The van der Waals surface area contributed by atoms with Crippen LogP contribution in [0, 0.1) is 51.4 Å². The quantitative estimate of drug-likeness (QED) is 0.0203. The molecule has 7 aliphatic rings. The zero-order valence-electron chi connectivity index (χ0n) is 51.4. The molecule has 22 atom stereocenters. The Hall–Kier alpha value is -3.48. The van der Waals surface area contributed by atoms with Crippen molar-refractivity contribution in [2.75, 3.05) is 47.3 Å². The Morgan fingerprint density at radius 3 is 2.34 bits per heavy atom. The lowest BCUT2D eigenvalue weighted by Crippen LogP contribution is -2.69. The number of ether oxygens (including phenoxy) is 11. The molecule has 1 spiro atoms. The number of carbonyl (C=O) groups is 3. The minimum atomic E-state index is -1.77. The summed E-state index contributed by atoms with van der Waals surface area (Å²) in [6.07, 6.45) is -11.3. The van der Waals surface area contributed by atoms with Gasteiger partial charge in [-0.2, -0.15) is 5.48 Å². The van der Waals surface area contributed by atoms with Gasteiger partial charge in [0, 0.05) is 69.3 Å². The molecule has 5 heterocycles. The van der Waals surface area contributed by atoms with E-state index < -0.39 is 125 Å². The Morgan fingerprint density at radius 2 is 1.66 bits per heavy atom. The van der Waals surface area contributed by atoms with Crippen LogP contribution >= 0.6 is 55.9 Å². The number of aromatic nitrogens is 1. The number of carbonyl (C=O) groups excluding carboxylic acids is 3. The number of rotatable bonds is 23. The Labute approximate surface area is 544 Å². The summed E-state index contributed by atoms with van der Waals surface area (Å²) in [6, 6.07) is 4.40. The minimum Gasteiger partial charge on any atom is -0.492 e. The van der Waals surface area contributed by atoms with Crippen LogP contribution in [-0.2, 0) is 52.3 Å². The molecule has 488 valence electrons. The maximum absolute atomic E-state index is 14.5. The van der Waals surface area contributed by atoms with E-state index in [1.165, 1.54) is 49.8 Å². The monoisotopic (exact) mass is 1410 g/mol. The number of ketones is 2. The van der Waals surface area contributed by atoms with Gasteiger partial charge in [0.05, 0.1) is 83.2 Å². The van der Waals surface area contributed by atoms with E-state index in [1.807, 2.05) is 53.8 Å². The third kappa shape index (κ3) is 14.3. The van der Waals surface area contributed by atoms with Gasteiger partial charge in [-0.25, -0.2) is 4.98 Å². The van der Waals surface area contributed by atoms with Crippen LogP contribution in [0.3, 0.4) is 0 Å². The fourth-order valence-electron chi connectivity index (χ4n) is 13.0. The average molecular weight is 1410 g/mol. The molecule has 1 aromatic carbocycles. The van der Waals surface area contributed by atoms with Crippen molar-refractivity contribution in [3.05, 3.63) is 62.4 Å². The summed E-state index contributed by atoms with van der Waals surface area (Å²) in [7, 11) is 8.63. The van der Waals surface area contributed by atoms with Gasteiger partial charge < -0.3 is 87.7 Å². The summed E-state index contributed by atoms with van der Waals surface area (Å²) in [5.41, 5.74) is 1.30. The molecule has 27 heteroatoms. The highest BCUT2D eigenvalue weighted by atomic mass is 127. The molecule has 2 saturated carbocycles. The number of likely N-dealkylation sites (N-methyl/N-ethyl adjacent to an activating group) is 1. The van der Waals surface area contributed by atoms with Crippen molar-refractivity contribution in [3.63, 3.8) is 0 Å². The summed E-state index contributed by atoms with van der Waals surface area (Å²) < 4.78 is 68.4. The third-order valence-electron chi connectivity index (χ3n) is 17.5. The number of allylic oxidation sites excluding steroid dienone is 2. The second-order valence-corrected chi connectivity index (χ2v) is 27.7. The summed E-state index contributed by atoms with van der Waals surface area (Å²) >= 11 is 2.85. The van der Waals surface area contributed by atoms with Crippen LogP contribution in [-0.4, -0.2) is 210 Å². The number of thioether (sulfide) groups is 1. The lowest BCUT2D eigenvalue weighted by molar-refractivity contribution is -0.342. The summed E-state index contributed by atoms with van der Waals surface area (Å²) in [6.45, 7) is 12.7. The number of benzene rings is 1. The van der Waals surface area contributed by atoms with Gasteiger partial charge >= 0.3 is 0 Å². The average Bonchev–Trinajstić information content (AvgIpc) is 1.57. The van der Waals surface area contributed by atoms with E-state index in [1.54, 1.807) is 54.0 Å². The number of pyridine rings is 1. The van der Waals surface area contributed by atoms with Gasteiger partial charge in [-0.15, -0.1) is 0 Å². The van der Waals surface area contributed by atoms with Gasteiger partial charge in [-0.1, -0.05) is 65.3 Å². The van der Waals surface area contributed by atoms with Crippen LogP contribution in [0.2, 0.25) is 0 Å². The number of aliphatic hydroxyl groups excluding tert-OH is 4. The molecule has 89 heavy (non-hydrogen) atoms. The van der Waals surface area contributed by atoms with E-state index >= 15 is 0 Å². The van der Waals surface area contributed by atoms with Gasteiger partial charge in [0.15, 0.2) is 30.4 Å². The second kappa shape index (κ2) is 30.3. The molecule has 23 nitrogen and oxygen atoms in total. The number of aliphatic hydroxyl groups is 5. The topological polar surface area (TPSA) is 300 Å². The summed E-state index contributed by atoms with van der Waals surface area (Å²) in [5.74, 6) is 11.0. The van der Waals surface area contributed by atoms with E-state index in [0.29, 0.717) is 32.6 Å². The van der Waals surface area contributed by atoms with E-state index in [2.05, 4.69) is 39.5 Å². The number of Topliss-reactive ketones (excluding diaryl/α,β-unsaturated/α-hetero) is 2. The van der Waals surface area contributed by atoms with Gasteiger partial charge in [0.2, 0.25) is 17.2 Å². The molecule has 0 radical (unpaired) electrons. The Balaban J connectivity index is 0.943. The van der Waals surface area contributed by atoms with Crippen molar-refractivity contribution in [1.29, 1.82) is 0 Å². The molecule has 0 bridgehead atoms. The minimum absolute atomic E-state index is 0.0353. The Kier molecular flexibility index (Phi) is 23.8. The second-order valence-electron chi connectivity index (χ2n) is 23.1. The first-order valence-corrected chi connectivity index (χ1v) is 33.8. The molecular formula is C62H80IN3O20S3. The van der Waals surface area contributed by atoms with E-state index in [0.717, 1.165) is 16.8 Å². The van der Waals surface area contributed by atoms with Gasteiger partial charge in [0.1, 0.15) is 58.8 Å². The first kappa shape index (κ1) is 69.9. The first-order valence-electron chi connectivity index (χ1n) is 29.5. The predicted molar refractivity (Wildman–Crippen MR) is 335 cm³/mol. The standard InChI is InChI=1S/C62H80IN3O20S3/c1-12-64-37-28-79-43(26-41(37)75-8)84-55-50(71)48(66-86-44-25-38(68)57(34(7)80-44)88-58(73)45-31(4)47(63)53(56(78-11)52(45)76-9)85-59-51(72)54(77-10)49(70)33(6)82-59)32(5)81-60(55)83-40-17-15-16-29(2)19-21-61-36(24-30(3)67)39(69)27-62(61,74)35(46(40)61)20-23-87-89-42-18-13-14-22-65-42/h13-14,16,18,20,22,32-34,36-38,40-41,43-44,46,48-51,54-55,57,59-60,64,66,68,70-72,74H,12,23-28H2,1-11H3/b29-16-,35-20+/t32-,33+,34-,36?,37+,38+,40+,41+,43+,44+,46?,48-,49+,50+,51-,54-,55-,57-,59+,60+,61?,62+/m1/s1. The van der Waals surface area contributed by atoms with Crippen molar-refractivity contribution in [2.24, 2.45) is 17.3 Å². The number of nitrogens with one attached hydrogen (secondary N) is 2. The van der Waals surface area contributed by atoms with Crippen LogP contribution in [0.4, 0.5) is 0 Å². The molecule has 3 aliphatic carbocycles. The van der Waals surface area contributed by atoms with Crippen LogP contribution in [0.15, 0.2) is 52.7 Å². The molecule has 4 saturated heterocycles. The molecule has 7 N–H and O–H groups in total. The highest BCUT2D eigenvalue weighted by Crippen LogP contribution is 2.70. The van der Waals surface area contributed by atoms with Crippen molar-refractivity contribution in [2.45, 2.75) is 194 Å². The van der Waals surface area contributed by atoms with Gasteiger partial charge in [0.25, 0.3) is 0 Å². The third-order valence-corrected chi connectivity index (χ3v) is 22.3. The normalized spacial score (nSPS) is 38.6. The van der Waals surface area contributed by atoms with Crippen molar-refractivity contribution in [1.82, 2.24) is 15.8 Å². The molecule has 2 aromatic rings. The summed E-state index contributed by atoms with van der Waals surface area (Å²) in [5, 5.41) is 62.0. The smallest absolute Gasteiger partial charge is 0.229 e. The van der Waals surface area contributed by atoms with Gasteiger partial charge in [-0.3, -0.25) is 14.4 Å². The van der Waals surface area contributed by atoms with E-state index in [9.17, 15) is 39.9 Å². The summed E-state index contributed by atoms with van der Waals surface area (Å²) in [4.78, 5) is 52.3. The number of hydroxylamine groups is 1. The highest BCUT2D eigenvalue weighted by Gasteiger charge is 2.78. The van der Waals surface area contributed by atoms with Crippen LogP contribution in [0.5, 0.6) is 17.2 Å². The lowest BCUT2D eigenvalue weighted by atomic mass is 9.44. The number of methoxy groups -OCH3 is 4. The van der Waals surface area contributed by atoms with Crippen LogP contribution in [0.1, 0.15) is 83.1 Å². The lowest BCUT2D eigenvalue weighted by Gasteiger charge is -2.60. The molecule has 1 aromatic heterocycles. The predicted octanol–water partition coefficient (Wildman–Crippen LogP) is 4.36. The largest absolute Gasteiger partial charge is 0.492 e. The first-order chi connectivity index (χ1) is 42.5. The maximum Gasteiger partial charge on any atom is 0.229 e. The Morgan fingerprint density at radius 1 is 0.910 bits per heavy atom. The van der Waals surface area contributed by atoms with Crippen LogP contribution in [0.25, 0.3) is 0 Å². The zero-order chi connectivity index (χ0) is 64.2. The fraction of sp³-hybridized carbons (Fsp3) is 0.645.